The Morgan fingerprint density at radius 3 is 3.06 bits per heavy atom. The fraction of sp³-hybridized carbons (Fsp3) is 0.833. The summed E-state index contributed by atoms with van der Waals surface area (Å²) in [4.78, 5) is 6.92. The number of nitrogens with zero attached hydrogens (tertiary/aromatic N) is 3. The van der Waals surface area contributed by atoms with E-state index in [2.05, 4.69) is 22.1 Å². The molecular weight excluding hydrogens is 248 g/mol. The quantitative estimate of drug-likeness (QED) is 0.874. The summed E-state index contributed by atoms with van der Waals surface area (Å²) in [5.74, 6) is 4.26. The van der Waals surface area contributed by atoms with Crippen molar-refractivity contribution < 1.29 is 4.52 Å². The minimum atomic E-state index is 0.302. The molecule has 0 aromatic carbocycles. The zero-order chi connectivity index (χ0) is 12.5. The van der Waals surface area contributed by atoms with Crippen LogP contribution in [0, 0.1) is 0 Å². The van der Waals surface area contributed by atoms with Crippen molar-refractivity contribution in [1.29, 1.82) is 0 Å². The van der Waals surface area contributed by atoms with E-state index in [4.69, 9.17) is 10.3 Å². The second-order valence-corrected chi connectivity index (χ2v) is 6.48. The lowest BCUT2D eigenvalue weighted by atomic mass is 10.1. The van der Waals surface area contributed by atoms with Gasteiger partial charge < -0.3 is 10.3 Å². The Balaban J connectivity index is 1.72. The van der Waals surface area contributed by atoms with Gasteiger partial charge in [-0.25, -0.2) is 0 Å². The molecule has 1 aliphatic heterocycles. The molecule has 3 atom stereocenters. The SMILES string of the molecule is CN1CCSCC1c1noc(C2CCC(N)C2)n1. The summed E-state index contributed by atoms with van der Waals surface area (Å²) in [6.07, 6.45) is 3.14. The average molecular weight is 268 g/mol. The third kappa shape index (κ3) is 2.41. The number of hydrogen-bond donors (Lipinski definition) is 1. The molecule has 0 spiro atoms. The molecule has 2 N–H and O–H groups in total. The summed E-state index contributed by atoms with van der Waals surface area (Å²) >= 11 is 1.96. The molecule has 0 radical (unpaired) electrons. The summed E-state index contributed by atoms with van der Waals surface area (Å²) in [6, 6.07) is 0.606. The lowest BCUT2D eigenvalue weighted by Gasteiger charge is -2.29. The first-order chi connectivity index (χ1) is 8.74. The van der Waals surface area contributed by atoms with Gasteiger partial charge >= 0.3 is 0 Å². The Hall–Kier alpha value is -0.590. The lowest BCUT2D eigenvalue weighted by molar-refractivity contribution is 0.256. The zero-order valence-corrected chi connectivity index (χ0v) is 11.5. The molecule has 1 aliphatic carbocycles. The highest BCUT2D eigenvalue weighted by Crippen LogP contribution is 2.34. The van der Waals surface area contributed by atoms with Crippen LogP contribution >= 0.6 is 11.8 Å². The Kier molecular flexibility index (Phi) is 3.59. The van der Waals surface area contributed by atoms with Crippen LogP contribution in [-0.2, 0) is 0 Å². The number of rotatable bonds is 2. The first kappa shape index (κ1) is 12.4. The van der Waals surface area contributed by atoms with E-state index >= 15 is 0 Å². The van der Waals surface area contributed by atoms with E-state index in [-0.39, 0.29) is 0 Å². The van der Waals surface area contributed by atoms with E-state index < -0.39 is 0 Å². The first-order valence-electron chi connectivity index (χ1n) is 6.61. The lowest BCUT2D eigenvalue weighted by Crippen LogP contribution is -2.33. The molecule has 0 amide bonds. The van der Waals surface area contributed by atoms with Crippen molar-refractivity contribution in [3.63, 3.8) is 0 Å². The molecule has 3 rings (SSSR count). The number of hydrogen-bond acceptors (Lipinski definition) is 6. The number of nitrogens with two attached hydrogens (primary N) is 1. The molecule has 2 fully saturated rings. The molecule has 100 valence electrons. The van der Waals surface area contributed by atoms with Crippen molar-refractivity contribution in [3.05, 3.63) is 11.7 Å². The molecule has 5 nitrogen and oxygen atoms in total. The van der Waals surface area contributed by atoms with Crippen LogP contribution in [0.4, 0.5) is 0 Å². The van der Waals surface area contributed by atoms with Crippen molar-refractivity contribution in [3.8, 4) is 0 Å². The molecule has 1 saturated heterocycles. The Morgan fingerprint density at radius 2 is 2.33 bits per heavy atom. The van der Waals surface area contributed by atoms with E-state index in [1.165, 1.54) is 5.75 Å². The van der Waals surface area contributed by atoms with Gasteiger partial charge in [0.25, 0.3) is 0 Å². The fourth-order valence-electron chi connectivity index (χ4n) is 2.75. The molecule has 6 heteroatoms. The third-order valence-electron chi connectivity index (χ3n) is 3.97. The third-order valence-corrected chi connectivity index (χ3v) is 5.00. The predicted octanol–water partition coefficient (Wildman–Crippen LogP) is 1.38. The van der Waals surface area contributed by atoms with Gasteiger partial charge in [-0.3, -0.25) is 4.90 Å². The van der Waals surface area contributed by atoms with Gasteiger partial charge in [0.1, 0.15) is 0 Å². The van der Waals surface area contributed by atoms with E-state index in [0.717, 1.165) is 43.3 Å². The van der Waals surface area contributed by atoms with Crippen LogP contribution in [0.3, 0.4) is 0 Å². The summed E-state index contributed by atoms with van der Waals surface area (Å²) in [6.45, 7) is 1.09. The van der Waals surface area contributed by atoms with E-state index in [1.807, 2.05) is 11.8 Å². The highest BCUT2D eigenvalue weighted by atomic mass is 32.2. The number of aromatic nitrogens is 2. The van der Waals surface area contributed by atoms with Gasteiger partial charge in [0.2, 0.25) is 5.89 Å². The summed E-state index contributed by atoms with van der Waals surface area (Å²) in [5, 5.41) is 4.18. The van der Waals surface area contributed by atoms with Crippen LogP contribution in [0.25, 0.3) is 0 Å². The summed E-state index contributed by atoms with van der Waals surface area (Å²) < 4.78 is 5.45. The van der Waals surface area contributed by atoms with Gasteiger partial charge in [-0.15, -0.1) is 0 Å². The van der Waals surface area contributed by atoms with Gasteiger partial charge in [-0.1, -0.05) is 5.16 Å². The molecule has 0 bridgehead atoms. The normalized spacial score (nSPS) is 34.0. The van der Waals surface area contributed by atoms with Crippen LogP contribution in [0.2, 0.25) is 0 Å². The molecule has 1 aromatic heterocycles. The average Bonchev–Trinajstić information content (AvgIpc) is 2.98. The van der Waals surface area contributed by atoms with Crippen molar-refractivity contribution in [2.24, 2.45) is 5.73 Å². The Bertz CT molecular complexity index is 411. The first-order valence-corrected chi connectivity index (χ1v) is 7.76. The van der Waals surface area contributed by atoms with E-state index in [9.17, 15) is 0 Å². The van der Waals surface area contributed by atoms with Crippen molar-refractivity contribution in [2.75, 3.05) is 25.1 Å². The van der Waals surface area contributed by atoms with Gasteiger partial charge in [0.05, 0.1) is 6.04 Å². The van der Waals surface area contributed by atoms with Crippen LogP contribution in [-0.4, -0.2) is 46.2 Å². The fourth-order valence-corrected chi connectivity index (χ4v) is 3.96. The second-order valence-electron chi connectivity index (χ2n) is 5.33. The van der Waals surface area contributed by atoms with Crippen molar-refractivity contribution >= 4 is 11.8 Å². The van der Waals surface area contributed by atoms with Crippen LogP contribution in [0.5, 0.6) is 0 Å². The van der Waals surface area contributed by atoms with Crippen LogP contribution in [0.1, 0.15) is 42.9 Å². The van der Waals surface area contributed by atoms with E-state index in [0.29, 0.717) is 18.0 Å². The summed E-state index contributed by atoms with van der Waals surface area (Å²) in [7, 11) is 2.13. The van der Waals surface area contributed by atoms with Crippen LogP contribution < -0.4 is 5.73 Å². The minimum Gasteiger partial charge on any atom is -0.339 e. The van der Waals surface area contributed by atoms with Gasteiger partial charge in [0.15, 0.2) is 5.82 Å². The molecule has 2 aliphatic rings. The topological polar surface area (TPSA) is 68.2 Å². The van der Waals surface area contributed by atoms with Gasteiger partial charge in [-0.05, 0) is 26.3 Å². The molecule has 1 aromatic rings. The summed E-state index contributed by atoms with van der Waals surface area (Å²) in [5.41, 5.74) is 5.93. The van der Waals surface area contributed by atoms with Crippen LogP contribution in [0.15, 0.2) is 4.52 Å². The van der Waals surface area contributed by atoms with Gasteiger partial charge in [0, 0.05) is 30.0 Å². The largest absolute Gasteiger partial charge is 0.339 e. The maximum atomic E-state index is 5.93. The number of thioether (sulfide) groups is 1. The molecule has 1 saturated carbocycles. The molecule has 18 heavy (non-hydrogen) atoms. The predicted molar refractivity (Wildman–Crippen MR) is 71.6 cm³/mol. The zero-order valence-electron chi connectivity index (χ0n) is 10.7. The van der Waals surface area contributed by atoms with E-state index in [1.54, 1.807) is 0 Å². The highest BCUT2D eigenvalue weighted by Gasteiger charge is 2.30. The Labute approximate surface area is 111 Å². The maximum Gasteiger partial charge on any atom is 0.229 e. The molecular formula is C12H20N4OS. The Morgan fingerprint density at radius 1 is 1.44 bits per heavy atom. The molecule has 3 unspecified atom stereocenters. The standard InChI is InChI=1S/C12H20N4OS/c1-16-4-5-18-7-10(16)11-14-12(17-15-11)8-2-3-9(13)6-8/h8-10H,2-7,13H2,1H3. The smallest absolute Gasteiger partial charge is 0.229 e. The monoisotopic (exact) mass is 268 g/mol. The second kappa shape index (κ2) is 5.19. The van der Waals surface area contributed by atoms with Crippen molar-refractivity contribution in [1.82, 2.24) is 15.0 Å². The molecule has 2 heterocycles. The maximum absolute atomic E-state index is 5.93. The van der Waals surface area contributed by atoms with Crippen molar-refractivity contribution in [2.45, 2.75) is 37.3 Å². The van der Waals surface area contributed by atoms with Gasteiger partial charge in [-0.2, -0.15) is 16.7 Å². The minimum absolute atomic E-state index is 0.302. The highest BCUT2D eigenvalue weighted by molar-refractivity contribution is 7.99.